The molecule has 0 heterocycles. The van der Waals surface area contributed by atoms with Crippen molar-refractivity contribution in [2.45, 2.75) is 33.5 Å². The van der Waals surface area contributed by atoms with Gasteiger partial charge in [0, 0.05) is 17.7 Å². The quantitative estimate of drug-likeness (QED) is 0.293. The van der Waals surface area contributed by atoms with Crippen LogP contribution in [0.15, 0.2) is 48.6 Å². The molecule has 5 heteroatoms. The molecule has 0 unspecified atom stereocenters. The number of carbonyl (C=O) groups excluding carboxylic acids is 1. The number of carbonyl (C=O) groups is 1. The van der Waals surface area contributed by atoms with Gasteiger partial charge >= 0.3 is 0 Å². The fourth-order valence-corrected chi connectivity index (χ4v) is 3.11. The number of ketones is 1. The van der Waals surface area contributed by atoms with Gasteiger partial charge in [-0.3, -0.25) is 4.79 Å². The summed E-state index contributed by atoms with van der Waals surface area (Å²) in [6.45, 7) is 9.33. The van der Waals surface area contributed by atoms with Crippen molar-refractivity contribution in [3.05, 3.63) is 70.8 Å². The van der Waals surface area contributed by atoms with Crippen LogP contribution in [0.5, 0.6) is 11.5 Å². The van der Waals surface area contributed by atoms with Gasteiger partial charge in [-0.25, -0.2) is 0 Å². The van der Waals surface area contributed by atoms with Crippen LogP contribution in [0, 0.1) is 0 Å². The summed E-state index contributed by atoms with van der Waals surface area (Å²) in [7, 11) is 3.15. The lowest BCUT2D eigenvalue weighted by atomic mass is 9.95. The molecule has 29 heavy (non-hydrogen) atoms. The molecule has 0 aliphatic rings. The molecule has 2 aromatic carbocycles. The summed E-state index contributed by atoms with van der Waals surface area (Å²) in [5.41, 5.74) is 3.72. The van der Waals surface area contributed by atoms with Crippen LogP contribution in [0.1, 0.15) is 40.9 Å². The molecule has 0 radical (unpaired) electrons. The minimum Gasteiger partial charge on any atom is -0.496 e. The predicted octanol–water partition coefficient (Wildman–Crippen LogP) is 4.76. The summed E-state index contributed by atoms with van der Waals surface area (Å²) < 4.78 is 22.7. The van der Waals surface area contributed by atoms with E-state index in [2.05, 4.69) is 6.58 Å². The van der Waals surface area contributed by atoms with Crippen LogP contribution in [0.4, 0.5) is 0 Å². The Hall–Kier alpha value is -2.63. The average molecular weight is 398 g/mol. The minimum atomic E-state index is -0.172. The van der Waals surface area contributed by atoms with Gasteiger partial charge < -0.3 is 18.9 Å². The van der Waals surface area contributed by atoms with Crippen LogP contribution < -0.4 is 9.47 Å². The monoisotopic (exact) mass is 398 g/mol. The van der Waals surface area contributed by atoms with E-state index in [-0.39, 0.29) is 5.78 Å². The van der Waals surface area contributed by atoms with Gasteiger partial charge in [-0.05, 0) is 37.5 Å². The summed E-state index contributed by atoms with van der Waals surface area (Å²) in [6, 6.07) is 11.7. The summed E-state index contributed by atoms with van der Waals surface area (Å²) in [5, 5.41) is 0. The van der Waals surface area contributed by atoms with Gasteiger partial charge in [0.2, 0.25) is 0 Å². The number of Topliss-reactive ketones (excluding diaryl/α,β-unsaturated/α-hetero) is 1. The summed E-state index contributed by atoms with van der Waals surface area (Å²) in [6.07, 6.45) is 0.562. The topological polar surface area (TPSA) is 54.0 Å². The largest absolute Gasteiger partial charge is 0.496 e. The van der Waals surface area contributed by atoms with Crippen molar-refractivity contribution in [3.63, 3.8) is 0 Å². The molecule has 0 fully saturated rings. The Morgan fingerprint density at radius 1 is 1.00 bits per heavy atom. The molecule has 0 saturated carbocycles. The van der Waals surface area contributed by atoms with Crippen LogP contribution in [0.25, 0.3) is 0 Å². The predicted molar refractivity (Wildman–Crippen MR) is 114 cm³/mol. The van der Waals surface area contributed by atoms with Crippen molar-refractivity contribution in [2.75, 3.05) is 27.4 Å². The Morgan fingerprint density at radius 2 is 1.72 bits per heavy atom. The second kappa shape index (κ2) is 11.4. The van der Waals surface area contributed by atoms with Gasteiger partial charge in [0.25, 0.3) is 0 Å². The van der Waals surface area contributed by atoms with Crippen molar-refractivity contribution < 1.29 is 23.7 Å². The first-order chi connectivity index (χ1) is 14.0. The first-order valence-corrected chi connectivity index (χ1v) is 9.69. The summed E-state index contributed by atoms with van der Waals surface area (Å²) in [5.74, 6) is 0.952. The normalized spacial score (nSPS) is 10.6. The smallest absolute Gasteiger partial charge is 0.192 e. The second-order valence-corrected chi connectivity index (χ2v) is 6.65. The highest BCUT2D eigenvalue weighted by Gasteiger charge is 2.23. The number of hydrogen-bond acceptors (Lipinski definition) is 5. The number of rotatable bonds is 12. The van der Waals surface area contributed by atoms with E-state index in [9.17, 15) is 4.79 Å². The molecule has 0 saturated heterocycles. The number of ether oxygens (including phenoxy) is 4. The number of methoxy groups -OCH3 is 2. The molecule has 5 nitrogen and oxygen atoms in total. The molecule has 0 amide bonds. The van der Waals surface area contributed by atoms with Gasteiger partial charge in [0.05, 0.1) is 39.6 Å². The third kappa shape index (κ3) is 5.92. The first-order valence-electron chi connectivity index (χ1n) is 9.69. The lowest BCUT2D eigenvalue weighted by Gasteiger charge is -2.20. The van der Waals surface area contributed by atoms with E-state index >= 15 is 0 Å². The zero-order valence-corrected chi connectivity index (χ0v) is 17.7. The number of allylic oxidation sites excluding steroid dienone is 1. The second-order valence-electron chi connectivity index (χ2n) is 6.65. The lowest BCUT2D eigenvalue weighted by molar-refractivity contribution is 0.102. The van der Waals surface area contributed by atoms with E-state index in [0.29, 0.717) is 55.5 Å². The first kappa shape index (κ1) is 22.7. The molecule has 0 aliphatic carbocycles. The van der Waals surface area contributed by atoms with Crippen molar-refractivity contribution in [1.29, 1.82) is 0 Å². The van der Waals surface area contributed by atoms with Gasteiger partial charge in [0.15, 0.2) is 5.78 Å². The van der Waals surface area contributed by atoms with Crippen LogP contribution in [0.3, 0.4) is 0 Å². The maximum absolute atomic E-state index is 12.7. The van der Waals surface area contributed by atoms with E-state index in [4.69, 9.17) is 18.9 Å². The highest BCUT2D eigenvalue weighted by molar-refractivity contribution is 6.10. The zero-order chi connectivity index (χ0) is 21.2. The summed E-state index contributed by atoms with van der Waals surface area (Å²) in [4.78, 5) is 12.7. The van der Waals surface area contributed by atoms with E-state index in [0.717, 1.165) is 16.7 Å². The fraction of sp³-hybridized carbons (Fsp3) is 0.375. The Morgan fingerprint density at radius 3 is 2.31 bits per heavy atom. The molecule has 0 bridgehead atoms. The third-order valence-electron chi connectivity index (χ3n) is 4.57. The van der Waals surface area contributed by atoms with E-state index < -0.39 is 0 Å². The Kier molecular flexibility index (Phi) is 8.90. The van der Waals surface area contributed by atoms with Crippen LogP contribution in [-0.4, -0.2) is 33.2 Å². The van der Waals surface area contributed by atoms with Gasteiger partial charge in [-0.15, -0.1) is 0 Å². The van der Waals surface area contributed by atoms with Crippen molar-refractivity contribution >= 4 is 5.78 Å². The van der Waals surface area contributed by atoms with Gasteiger partial charge in [0.1, 0.15) is 11.5 Å². The molecular formula is C24H30O5. The highest BCUT2D eigenvalue weighted by atomic mass is 16.5. The van der Waals surface area contributed by atoms with Crippen LogP contribution in [-0.2, 0) is 29.1 Å². The Balaban J connectivity index is 2.34. The standard InChI is InChI=1S/C24H30O5/c1-6-28-16-21-19(12-13-29-15-18-10-8-7-9-11-18)24(27-5)20(14-22(21)26-4)23(25)17(2)3/h7-11,14H,2,6,12-13,15-16H2,1,3-5H3. The molecule has 0 spiro atoms. The molecule has 0 N–H and O–H groups in total. The third-order valence-corrected chi connectivity index (χ3v) is 4.57. The van der Waals surface area contributed by atoms with Gasteiger partial charge in [-0.1, -0.05) is 36.9 Å². The molecule has 2 aromatic rings. The molecule has 156 valence electrons. The number of benzene rings is 2. The fourth-order valence-electron chi connectivity index (χ4n) is 3.11. The van der Waals surface area contributed by atoms with Crippen molar-refractivity contribution in [2.24, 2.45) is 0 Å². The molecule has 0 aromatic heterocycles. The molecule has 0 atom stereocenters. The van der Waals surface area contributed by atoms with E-state index in [1.165, 1.54) is 0 Å². The van der Waals surface area contributed by atoms with E-state index in [1.54, 1.807) is 27.2 Å². The van der Waals surface area contributed by atoms with Crippen LogP contribution in [0.2, 0.25) is 0 Å². The Bertz CT molecular complexity index is 827. The van der Waals surface area contributed by atoms with Gasteiger partial charge in [-0.2, -0.15) is 0 Å². The average Bonchev–Trinajstić information content (AvgIpc) is 2.74. The van der Waals surface area contributed by atoms with E-state index in [1.807, 2.05) is 37.3 Å². The Labute approximate surface area is 173 Å². The highest BCUT2D eigenvalue weighted by Crippen LogP contribution is 2.36. The zero-order valence-electron chi connectivity index (χ0n) is 17.7. The molecular weight excluding hydrogens is 368 g/mol. The SMILES string of the molecule is C=C(C)C(=O)c1cc(OC)c(COCC)c(CCOCc2ccccc2)c1OC. The molecule has 2 rings (SSSR count). The summed E-state index contributed by atoms with van der Waals surface area (Å²) >= 11 is 0. The maximum atomic E-state index is 12.7. The lowest BCUT2D eigenvalue weighted by Crippen LogP contribution is -2.12. The van der Waals surface area contributed by atoms with Crippen molar-refractivity contribution in [1.82, 2.24) is 0 Å². The van der Waals surface area contributed by atoms with Crippen LogP contribution >= 0.6 is 0 Å². The maximum Gasteiger partial charge on any atom is 0.192 e. The van der Waals surface area contributed by atoms with Crippen molar-refractivity contribution in [3.8, 4) is 11.5 Å². The molecule has 0 aliphatic heterocycles. The number of hydrogen-bond donors (Lipinski definition) is 0. The minimum absolute atomic E-state index is 0.172.